The Morgan fingerprint density at radius 3 is 2.47 bits per heavy atom. The van der Waals surface area contributed by atoms with Crippen molar-refractivity contribution in [2.45, 2.75) is 19.6 Å². The molecular weight excluding hydrogens is 264 g/mol. The highest BCUT2D eigenvalue weighted by molar-refractivity contribution is 9.10. The average Bonchev–Trinajstić information content (AvgIpc) is 2.13. The van der Waals surface area contributed by atoms with E-state index in [2.05, 4.69) is 53.1 Å². The van der Waals surface area contributed by atoms with Crippen LogP contribution in [-0.4, -0.2) is 8.07 Å². The zero-order valence-electron chi connectivity index (χ0n) is 9.34. The predicted molar refractivity (Wildman–Crippen MR) is 74.3 cm³/mol. The highest BCUT2D eigenvalue weighted by Crippen LogP contribution is 2.16. The molecule has 0 atom stereocenters. The molecule has 0 aliphatic rings. The van der Waals surface area contributed by atoms with Gasteiger partial charge in [-0.3, -0.25) is 0 Å². The van der Waals surface area contributed by atoms with E-state index in [0.717, 1.165) is 4.47 Å². The van der Waals surface area contributed by atoms with Gasteiger partial charge < -0.3 is 0 Å². The quantitative estimate of drug-likeness (QED) is 0.530. The molecule has 0 saturated heterocycles. The van der Waals surface area contributed by atoms with Crippen molar-refractivity contribution in [3.63, 3.8) is 0 Å². The second-order valence-corrected chi connectivity index (χ2v) is 9.98. The van der Waals surface area contributed by atoms with Crippen molar-refractivity contribution >= 4 is 30.1 Å². The number of benzene rings is 1. The van der Waals surface area contributed by atoms with Gasteiger partial charge in [0.25, 0.3) is 0 Å². The Labute approximate surface area is 102 Å². The number of rotatable bonds is 1. The zero-order chi connectivity index (χ0) is 11.3. The van der Waals surface area contributed by atoms with Gasteiger partial charge >= 0.3 is 0 Å². The van der Waals surface area contributed by atoms with Crippen LogP contribution < -0.4 is 0 Å². The average molecular weight is 279 g/mol. The third kappa shape index (κ3) is 5.01. The fourth-order valence-electron chi connectivity index (χ4n) is 1.000. The van der Waals surface area contributed by atoms with Crippen LogP contribution in [0.4, 0.5) is 0 Å². The lowest BCUT2D eigenvalue weighted by atomic mass is 10.2. The Morgan fingerprint density at radius 2 is 1.87 bits per heavy atom. The first-order chi connectivity index (χ1) is 6.99. The fourth-order valence-corrected chi connectivity index (χ4v) is 1.93. The van der Waals surface area contributed by atoms with Gasteiger partial charge in [0.15, 0.2) is 0 Å². The highest BCUT2D eigenvalue weighted by atomic mass is 79.9. The lowest BCUT2D eigenvalue weighted by Gasteiger charge is -2.02. The molecule has 1 aromatic rings. The second kappa shape index (κ2) is 5.34. The standard InChI is InChI=1S/C13H15BrSi/c1-15(2,3)11-7-6-9-12-8-4-5-10-13(12)14/h4-6,8-10H,1-3H3. The minimum Gasteiger partial charge on any atom is -0.127 e. The van der Waals surface area contributed by atoms with Gasteiger partial charge in [0, 0.05) is 4.47 Å². The van der Waals surface area contributed by atoms with Gasteiger partial charge in [0.05, 0.1) is 0 Å². The molecule has 78 valence electrons. The number of hydrogen-bond donors (Lipinski definition) is 0. The molecule has 0 unspecified atom stereocenters. The molecule has 2 heteroatoms. The van der Waals surface area contributed by atoms with Crippen molar-refractivity contribution in [1.29, 1.82) is 0 Å². The molecular formula is C13H15BrSi. The van der Waals surface area contributed by atoms with Gasteiger partial charge in [-0.15, -0.1) is 5.54 Å². The fraction of sp³-hybridized carbons (Fsp3) is 0.231. The van der Waals surface area contributed by atoms with E-state index in [1.165, 1.54) is 5.56 Å². The molecule has 0 bridgehead atoms. The van der Waals surface area contributed by atoms with E-state index >= 15 is 0 Å². The molecule has 0 saturated carbocycles. The maximum absolute atomic E-state index is 3.50. The van der Waals surface area contributed by atoms with E-state index < -0.39 is 8.07 Å². The Hall–Kier alpha value is -0.783. The molecule has 0 aliphatic heterocycles. The molecule has 0 radical (unpaired) electrons. The highest BCUT2D eigenvalue weighted by Gasteiger charge is 2.06. The molecule has 0 heterocycles. The van der Waals surface area contributed by atoms with Crippen molar-refractivity contribution in [2.75, 3.05) is 0 Å². The molecule has 0 aliphatic carbocycles. The van der Waals surface area contributed by atoms with Crippen LogP contribution in [0.2, 0.25) is 19.6 Å². The Bertz CT molecular complexity index is 416. The Morgan fingerprint density at radius 1 is 1.20 bits per heavy atom. The first-order valence-corrected chi connectivity index (χ1v) is 9.22. The summed E-state index contributed by atoms with van der Waals surface area (Å²) in [6, 6.07) is 8.13. The molecule has 1 aromatic carbocycles. The summed E-state index contributed by atoms with van der Waals surface area (Å²) < 4.78 is 1.11. The van der Waals surface area contributed by atoms with Crippen LogP contribution in [-0.2, 0) is 0 Å². The summed E-state index contributed by atoms with van der Waals surface area (Å²) in [5.74, 6) is 3.11. The van der Waals surface area contributed by atoms with Crippen molar-refractivity contribution in [3.05, 3.63) is 40.4 Å². The minimum absolute atomic E-state index is 1.11. The summed E-state index contributed by atoms with van der Waals surface area (Å²) in [7, 11) is -1.23. The van der Waals surface area contributed by atoms with E-state index in [0.29, 0.717) is 0 Å². The van der Waals surface area contributed by atoms with E-state index in [9.17, 15) is 0 Å². The van der Waals surface area contributed by atoms with Crippen LogP contribution >= 0.6 is 15.9 Å². The van der Waals surface area contributed by atoms with Crippen LogP contribution in [0.1, 0.15) is 5.56 Å². The zero-order valence-corrected chi connectivity index (χ0v) is 11.9. The smallest absolute Gasteiger partial charge is 0.127 e. The van der Waals surface area contributed by atoms with Crippen LogP contribution in [0.25, 0.3) is 6.08 Å². The van der Waals surface area contributed by atoms with E-state index in [4.69, 9.17) is 0 Å². The molecule has 0 nitrogen and oxygen atoms in total. The van der Waals surface area contributed by atoms with E-state index in [1.54, 1.807) is 0 Å². The lowest BCUT2D eigenvalue weighted by molar-refractivity contribution is 1.60. The molecule has 0 N–H and O–H groups in total. The van der Waals surface area contributed by atoms with Gasteiger partial charge in [0.2, 0.25) is 0 Å². The topological polar surface area (TPSA) is 0 Å². The molecule has 15 heavy (non-hydrogen) atoms. The van der Waals surface area contributed by atoms with Crippen LogP contribution in [0.15, 0.2) is 34.8 Å². The van der Waals surface area contributed by atoms with Gasteiger partial charge in [-0.05, 0) is 23.8 Å². The monoisotopic (exact) mass is 278 g/mol. The second-order valence-electron chi connectivity index (χ2n) is 4.37. The summed E-state index contributed by atoms with van der Waals surface area (Å²) >= 11 is 3.50. The molecule has 0 spiro atoms. The summed E-state index contributed by atoms with van der Waals surface area (Å²) in [5.41, 5.74) is 4.47. The lowest BCUT2D eigenvalue weighted by Crippen LogP contribution is -2.16. The van der Waals surface area contributed by atoms with E-state index in [1.807, 2.05) is 30.4 Å². The minimum atomic E-state index is -1.23. The third-order valence-electron chi connectivity index (χ3n) is 1.70. The van der Waals surface area contributed by atoms with Crippen LogP contribution in [0.3, 0.4) is 0 Å². The SMILES string of the molecule is C[Si](C)(C)C#CC=Cc1ccccc1Br. The van der Waals surface area contributed by atoms with Gasteiger partial charge in [-0.25, -0.2) is 0 Å². The number of hydrogen-bond acceptors (Lipinski definition) is 0. The van der Waals surface area contributed by atoms with E-state index in [-0.39, 0.29) is 0 Å². The molecule has 1 rings (SSSR count). The van der Waals surface area contributed by atoms with Crippen molar-refractivity contribution < 1.29 is 0 Å². The number of halogens is 1. The summed E-state index contributed by atoms with van der Waals surface area (Å²) in [6.07, 6.45) is 3.97. The number of allylic oxidation sites excluding steroid dienone is 1. The van der Waals surface area contributed by atoms with Gasteiger partial charge in [-0.2, -0.15) is 0 Å². The predicted octanol–water partition coefficient (Wildman–Crippen LogP) is 4.34. The third-order valence-corrected chi connectivity index (χ3v) is 3.32. The Balaban J connectivity index is 2.74. The molecule has 0 amide bonds. The van der Waals surface area contributed by atoms with Gasteiger partial charge in [0.1, 0.15) is 8.07 Å². The molecule has 0 fully saturated rings. The first kappa shape index (κ1) is 12.3. The Kier molecular flexibility index (Phi) is 4.38. The molecule has 0 aromatic heterocycles. The largest absolute Gasteiger partial charge is 0.129 e. The van der Waals surface area contributed by atoms with Gasteiger partial charge in [-0.1, -0.05) is 59.7 Å². The first-order valence-electron chi connectivity index (χ1n) is 4.93. The summed E-state index contributed by atoms with van der Waals surface area (Å²) in [6.45, 7) is 6.73. The maximum Gasteiger partial charge on any atom is 0.129 e. The van der Waals surface area contributed by atoms with Crippen molar-refractivity contribution in [1.82, 2.24) is 0 Å². The summed E-state index contributed by atoms with van der Waals surface area (Å²) in [4.78, 5) is 0. The van der Waals surface area contributed by atoms with Crippen molar-refractivity contribution in [2.24, 2.45) is 0 Å². The summed E-state index contributed by atoms with van der Waals surface area (Å²) in [5, 5.41) is 0. The van der Waals surface area contributed by atoms with Crippen LogP contribution in [0, 0.1) is 11.5 Å². The van der Waals surface area contributed by atoms with Crippen LogP contribution in [0.5, 0.6) is 0 Å². The normalized spacial score (nSPS) is 11.2. The maximum atomic E-state index is 3.50. The van der Waals surface area contributed by atoms with Crippen molar-refractivity contribution in [3.8, 4) is 11.5 Å².